The first-order valence-electron chi connectivity index (χ1n) is 8.67. The second-order valence-electron chi connectivity index (χ2n) is 6.32. The van der Waals surface area contributed by atoms with Crippen LogP contribution in [0.3, 0.4) is 0 Å². The van der Waals surface area contributed by atoms with Crippen molar-refractivity contribution < 1.29 is 9.47 Å². The molecule has 3 aromatic rings. The summed E-state index contributed by atoms with van der Waals surface area (Å²) in [6, 6.07) is 19.9. The van der Waals surface area contributed by atoms with E-state index in [2.05, 4.69) is 36.2 Å². The van der Waals surface area contributed by atoms with Gasteiger partial charge in [-0.15, -0.1) is 0 Å². The van der Waals surface area contributed by atoms with Crippen molar-refractivity contribution in [3.05, 3.63) is 89.2 Å². The lowest BCUT2D eigenvalue weighted by Gasteiger charge is -2.15. The molecule has 0 aliphatic heterocycles. The topological polar surface area (TPSA) is 57.4 Å². The first-order valence-corrected chi connectivity index (χ1v) is 8.67. The first-order chi connectivity index (χ1) is 12.7. The van der Waals surface area contributed by atoms with Crippen LogP contribution in [0.1, 0.15) is 28.4 Å². The molecule has 2 N–H and O–H groups in total. The fourth-order valence-corrected chi connectivity index (χ4v) is 2.76. The van der Waals surface area contributed by atoms with Gasteiger partial charge in [0, 0.05) is 6.20 Å². The Morgan fingerprint density at radius 2 is 1.73 bits per heavy atom. The minimum absolute atomic E-state index is 0.153. The number of hydrogen-bond acceptors (Lipinski definition) is 4. The number of nitrogens with zero attached hydrogens (tertiary/aromatic N) is 1. The van der Waals surface area contributed by atoms with Crippen LogP contribution in [0.5, 0.6) is 11.5 Å². The molecule has 3 rings (SSSR count). The molecule has 4 nitrogen and oxygen atoms in total. The highest BCUT2D eigenvalue weighted by Gasteiger charge is 2.11. The Hall–Kier alpha value is -2.85. The summed E-state index contributed by atoms with van der Waals surface area (Å²) in [5.74, 6) is 1.44. The minimum Gasteiger partial charge on any atom is -0.493 e. The van der Waals surface area contributed by atoms with E-state index in [9.17, 15) is 0 Å². The van der Waals surface area contributed by atoms with Crippen molar-refractivity contribution in [2.24, 2.45) is 5.73 Å². The summed E-state index contributed by atoms with van der Waals surface area (Å²) in [5.41, 5.74) is 10.6. The second-order valence-corrected chi connectivity index (χ2v) is 6.32. The molecule has 26 heavy (non-hydrogen) atoms. The normalized spacial score (nSPS) is 11.8. The van der Waals surface area contributed by atoms with Gasteiger partial charge in [-0.25, -0.2) is 0 Å². The Bertz CT molecular complexity index is 833. The number of aromatic nitrogens is 1. The smallest absolute Gasteiger partial charge is 0.161 e. The van der Waals surface area contributed by atoms with Gasteiger partial charge in [-0.05, 0) is 48.7 Å². The SMILES string of the molecule is COc1cc(CC(N)c2ccccn2)ccc1OCc1ccc(C)cc1. The molecule has 0 aliphatic carbocycles. The minimum atomic E-state index is -0.153. The molecule has 1 atom stereocenters. The number of nitrogens with two attached hydrogens (primary N) is 1. The first kappa shape index (κ1) is 18.0. The lowest BCUT2D eigenvalue weighted by atomic mass is 10.0. The van der Waals surface area contributed by atoms with E-state index in [1.54, 1.807) is 13.3 Å². The highest BCUT2D eigenvalue weighted by atomic mass is 16.5. The summed E-state index contributed by atoms with van der Waals surface area (Å²) in [7, 11) is 1.65. The van der Waals surface area contributed by atoms with Gasteiger partial charge in [-0.2, -0.15) is 0 Å². The molecule has 0 bridgehead atoms. The van der Waals surface area contributed by atoms with Crippen molar-refractivity contribution in [1.29, 1.82) is 0 Å². The molecule has 0 saturated heterocycles. The fourth-order valence-electron chi connectivity index (χ4n) is 2.76. The number of benzene rings is 2. The lowest BCUT2D eigenvalue weighted by molar-refractivity contribution is 0.284. The van der Waals surface area contributed by atoms with Crippen LogP contribution < -0.4 is 15.2 Å². The molecule has 134 valence electrons. The summed E-state index contributed by atoms with van der Waals surface area (Å²) in [6.45, 7) is 2.57. The zero-order valence-electron chi connectivity index (χ0n) is 15.2. The summed E-state index contributed by atoms with van der Waals surface area (Å²) >= 11 is 0. The van der Waals surface area contributed by atoms with Crippen LogP contribution in [0.2, 0.25) is 0 Å². The summed E-state index contributed by atoms with van der Waals surface area (Å²) in [6.07, 6.45) is 2.45. The Balaban J connectivity index is 1.68. The fraction of sp³-hybridized carbons (Fsp3) is 0.227. The van der Waals surface area contributed by atoms with E-state index in [1.165, 1.54) is 5.56 Å². The van der Waals surface area contributed by atoms with Crippen molar-refractivity contribution in [1.82, 2.24) is 4.98 Å². The molecule has 4 heteroatoms. The molecule has 0 radical (unpaired) electrons. The van der Waals surface area contributed by atoms with E-state index in [4.69, 9.17) is 15.2 Å². The Labute approximate surface area is 154 Å². The Morgan fingerprint density at radius 3 is 2.42 bits per heavy atom. The Kier molecular flexibility index (Phi) is 5.87. The number of pyridine rings is 1. The molecule has 1 heterocycles. The number of ether oxygens (including phenoxy) is 2. The predicted molar refractivity (Wildman–Crippen MR) is 103 cm³/mol. The average molecular weight is 348 g/mol. The summed E-state index contributed by atoms with van der Waals surface area (Å²) < 4.78 is 11.4. The van der Waals surface area contributed by atoms with Crippen molar-refractivity contribution in [3.63, 3.8) is 0 Å². The van der Waals surface area contributed by atoms with Gasteiger partial charge in [0.15, 0.2) is 11.5 Å². The molecule has 1 aromatic heterocycles. The third-order valence-corrected chi connectivity index (χ3v) is 4.27. The van der Waals surface area contributed by atoms with E-state index in [-0.39, 0.29) is 6.04 Å². The van der Waals surface area contributed by atoms with Crippen LogP contribution in [-0.2, 0) is 13.0 Å². The molecule has 0 spiro atoms. The van der Waals surface area contributed by atoms with Crippen LogP contribution in [0.25, 0.3) is 0 Å². The maximum atomic E-state index is 6.27. The van der Waals surface area contributed by atoms with Crippen LogP contribution in [0, 0.1) is 6.92 Å². The van der Waals surface area contributed by atoms with Gasteiger partial charge in [0.25, 0.3) is 0 Å². The van der Waals surface area contributed by atoms with Gasteiger partial charge in [0.05, 0.1) is 18.8 Å². The van der Waals surface area contributed by atoms with Gasteiger partial charge in [-0.1, -0.05) is 42.0 Å². The number of hydrogen-bond donors (Lipinski definition) is 1. The van der Waals surface area contributed by atoms with Crippen LogP contribution in [-0.4, -0.2) is 12.1 Å². The molecule has 0 aliphatic rings. The standard InChI is InChI=1S/C22H24N2O2/c1-16-6-8-17(9-7-16)15-26-21-11-10-18(14-22(21)25-2)13-19(23)20-5-3-4-12-24-20/h3-12,14,19H,13,15,23H2,1-2H3. The molecular weight excluding hydrogens is 324 g/mol. The number of methoxy groups -OCH3 is 1. The van der Waals surface area contributed by atoms with Gasteiger partial charge >= 0.3 is 0 Å². The quantitative estimate of drug-likeness (QED) is 0.694. The van der Waals surface area contributed by atoms with Crippen LogP contribution in [0.15, 0.2) is 66.9 Å². The third-order valence-electron chi connectivity index (χ3n) is 4.27. The predicted octanol–water partition coefficient (Wildman–Crippen LogP) is 4.22. The highest BCUT2D eigenvalue weighted by molar-refractivity contribution is 5.43. The van der Waals surface area contributed by atoms with Gasteiger partial charge in [-0.3, -0.25) is 4.98 Å². The van der Waals surface area contributed by atoms with Crippen LogP contribution in [0.4, 0.5) is 0 Å². The van der Waals surface area contributed by atoms with E-state index in [1.807, 2.05) is 36.4 Å². The van der Waals surface area contributed by atoms with Crippen LogP contribution >= 0.6 is 0 Å². The monoisotopic (exact) mass is 348 g/mol. The maximum Gasteiger partial charge on any atom is 0.161 e. The molecule has 0 amide bonds. The second kappa shape index (κ2) is 8.50. The van der Waals surface area contributed by atoms with Gasteiger partial charge < -0.3 is 15.2 Å². The lowest BCUT2D eigenvalue weighted by Crippen LogP contribution is -2.14. The average Bonchev–Trinajstić information content (AvgIpc) is 2.68. The molecule has 2 aromatic carbocycles. The third kappa shape index (κ3) is 4.61. The van der Waals surface area contributed by atoms with Crippen molar-refractivity contribution in [2.75, 3.05) is 7.11 Å². The van der Waals surface area contributed by atoms with Crippen molar-refractivity contribution >= 4 is 0 Å². The highest BCUT2D eigenvalue weighted by Crippen LogP contribution is 2.30. The van der Waals surface area contributed by atoms with E-state index < -0.39 is 0 Å². The van der Waals surface area contributed by atoms with E-state index in [0.29, 0.717) is 18.8 Å². The van der Waals surface area contributed by atoms with Crippen molar-refractivity contribution in [2.45, 2.75) is 26.0 Å². The number of aryl methyl sites for hydroxylation is 1. The summed E-state index contributed by atoms with van der Waals surface area (Å²) in [4.78, 5) is 4.32. The molecule has 1 unspecified atom stereocenters. The van der Waals surface area contributed by atoms with Gasteiger partial charge in [0.1, 0.15) is 6.61 Å². The van der Waals surface area contributed by atoms with Gasteiger partial charge in [0.2, 0.25) is 0 Å². The summed E-state index contributed by atoms with van der Waals surface area (Å²) in [5, 5.41) is 0. The molecule has 0 saturated carbocycles. The molecule has 0 fully saturated rings. The zero-order chi connectivity index (χ0) is 18.4. The maximum absolute atomic E-state index is 6.27. The molecular formula is C22H24N2O2. The number of rotatable bonds is 7. The van der Waals surface area contributed by atoms with E-state index >= 15 is 0 Å². The zero-order valence-corrected chi connectivity index (χ0v) is 15.2. The largest absolute Gasteiger partial charge is 0.493 e. The Morgan fingerprint density at radius 1 is 0.962 bits per heavy atom. The van der Waals surface area contributed by atoms with E-state index in [0.717, 1.165) is 22.6 Å². The van der Waals surface area contributed by atoms with Crippen molar-refractivity contribution in [3.8, 4) is 11.5 Å².